The Balaban J connectivity index is 2.04. The molecule has 1 aromatic carbocycles. The highest BCUT2D eigenvalue weighted by molar-refractivity contribution is 5.83. The Hall–Kier alpha value is -2.82. The molecular formula is C16H15N3O2. The maximum absolute atomic E-state index is 12.0. The van der Waals surface area contributed by atoms with Crippen molar-refractivity contribution in [1.29, 1.82) is 0 Å². The summed E-state index contributed by atoms with van der Waals surface area (Å²) in [4.78, 5) is 16.6. The predicted octanol–water partition coefficient (Wildman–Crippen LogP) is 2.60. The smallest absolute Gasteiger partial charge is 0.240 e. The van der Waals surface area contributed by atoms with Crippen molar-refractivity contribution in [1.82, 2.24) is 14.9 Å². The molecule has 5 nitrogen and oxygen atoms in total. The molecule has 0 fully saturated rings. The number of nitrogens with zero attached hydrogens (tertiary/aromatic N) is 2. The van der Waals surface area contributed by atoms with Crippen LogP contribution in [0.3, 0.4) is 0 Å². The number of benzene rings is 1. The largest absolute Gasteiger partial charge is 0.461 e. The summed E-state index contributed by atoms with van der Waals surface area (Å²) in [6.45, 7) is 4.22. The van der Waals surface area contributed by atoms with Gasteiger partial charge in [-0.25, -0.2) is 4.98 Å². The number of para-hydroxylation sites is 2. The van der Waals surface area contributed by atoms with Crippen LogP contribution in [0.5, 0.6) is 0 Å². The zero-order valence-corrected chi connectivity index (χ0v) is 11.5. The van der Waals surface area contributed by atoms with E-state index in [0.717, 1.165) is 11.0 Å². The second-order valence-electron chi connectivity index (χ2n) is 4.58. The normalized spacial score (nSPS) is 10.7. The molecule has 3 rings (SSSR count). The number of carbonyl (C=O) groups is 1. The summed E-state index contributed by atoms with van der Waals surface area (Å²) in [5.41, 5.74) is 1.73. The van der Waals surface area contributed by atoms with E-state index in [2.05, 4.69) is 16.9 Å². The van der Waals surface area contributed by atoms with Gasteiger partial charge >= 0.3 is 0 Å². The van der Waals surface area contributed by atoms with Crippen molar-refractivity contribution >= 4 is 16.9 Å². The molecule has 0 aliphatic heterocycles. The second-order valence-corrected chi connectivity index (χ2v) is 4.58. The van der Waals surface area contributed by atoms with Crippen molar-refractivity contribution in [3.8, 4) is 11.6 Å². The Morgan fingerprint density at radius 3 is 2.95 bits per heavy atom. The van der Waals surface area contributed by atoms with Gasteiger partial charge in [0.2, 0.25) is 5.91 Å². The van der Waals surface area contributed by atoms with Gasteiger partial charge in [-0.15, -0.1) is 6.58 Å². The molecule has 0 atom stereocenters. The summed E-state index contributed by atoms with van der Waals surface area (Å²) in [7, 11) is 0. The molecule has 2 heterocycles. The third-order valence-corrected chi connectivity index (χ3v) is 3.14. The molecule has 2 aromatic heterocycles. The summed E-state index contributed by atoms with van der Waals surface area (Å²) >= 11 is 0. The van der Waals surface area contributed by atoms with Gasteiger partial charge in [0.15, 0.2) is 11.6 Å². The van der Waals surface area contributed by atoms with E-state index >= 15 is 0 Å². The number of hydrogen-bond acceptors (Lipinski definition) is 3. The highest BCUT2D eigenvalue weighted by Gasteiger charge is 2.16. The number of rotatable bonds is 5. The number of nitrogens with one attached hydrogen (secondary N) is 1. The molecule has 0 spiro atoms. The maximum atomic E-state index is 12.0. The molecule has 0 saturated heterocycles. The predicted molar refractivity (Wildman–Crippen MR) is 80.6 cm³/mol. The molecule has 1 N–H and O–H groups in total. The number of carbonyl (C=O) groups excluding carboxylic acids is 1. The lowest BCUT2D eigenvalue weighted by molar-refractivity contribution is -0.121. The second kappa shape index (κ2) is 5.66. The summed E-state index contributed by atoms with van der Waals surface area (Å²) in [5, 5.41) is 2.77. The Morgan fingerprint density at radius 1 is 1.33 bits per heavy atom. The van der Waals surface area contributed by atoms with Crippen LogP contribution in [0.1, 0.15) is 0 Å². The van der Waals surface area contributed by atoms with E-state index in [-0.39, 0.29) is 12.5 Å². The quantitative estimate of drug-likeness (QED) is 0.731. The van der Waals surface area contributed by atoms with E-state index in [9.17, 15) is 4.79 Å². The van der Waals surface area contributed by atoms with Crippen molar-refractivity contribution in [2.45, 2.75) is 6.54 Å². The third-order valence-electron chi connectivity index (χ3n) is 3.14. The van der Waals surface area contributed by atoms with E-state index in [0.29, 0.717) is 18.1 Å². The first kappa shape index (κ1) is 13.2. The summed E-state index contributed by atoms with van der Waals surface area (Å²) in [5.74, 6) is 1.20. The van der Waals surface area contributed by atoms with Crippen molar-refractivity contribution in [2.75, 3.05) is 6.54 Å². The number of amides is 1. The topological polar surface area (TPSA) is 60.1 Å². The van der Waals surface area contributed by atoms with E-state index in [4.69, 9.17) is 4.42 Å². The van der Waals surface area contributed by atoms with Gasteiger partial charge in [-0.1, -0.05) is 18.2 Å². The first-order valence-corrected chi connectivity index (χ1v) is 6.66. The van der Waals surface area contributed by atoms with Crippen molar-refractivity contribution in [2.24, 2.45) is 0 Å². The minimum atomic E-state index is -0.0918. The van der Waals surface area contributed by atoms with Crippen LogP contribution in [-0.2, 0) is 11.3 Å². The van der Waals surface area contributed by atoms with Crippen LogP contribution in [-0.4, -0.2) is 22.0 Å². The van der Waals surface area contributed by atoms with Gasteiger partial charge in [-0.3, -0.25) is 4.79 Å². The van der Waals surface area contributed by atoms with Crippen molar-refractivity contribution in [3.63, 3.8) is 0 Å². The van der Waals surface area contributed by atoms with Crippen molar-refractivity contribution in [3.05, 3.63) is 55.3 Å². The zero-order chi connectivity index (χ0) is 14.7. The first-order valence-electron chi connectivity index (χ1n) is 6.66. The maximum Gasteiger partial charge on any atom is 0.240 e. The van der Waals surface area contributed by atoms with E-state index < -0.39 is 0 Å². The van der Waals surface area contributed by atoms with E-state index in [1.165, 1.54) is 0 Å². The fraction of sp³-hybridized carbons (Fsp3) is 0.125. The van der Waals surface area contributed by atoms with Gasteiger partial charge in [-0.05, 0) is 24.3 Å². The van der Waals surface area contributed by atoms with Crippen LogP contribution in [0.2, 0.25) is 0 Å². The standard InChI is InChI=1S/C16H15N3O2/c1-2-9-17-15(20)11-19-13-7-4-3-6-12(13)18-16(19)14-8-5-10-21-14/h2-8,10H,1,9,11H2,(H,17,20). The average Bonchev–Trinajstić information content (AvgIpc) is 3.13. The number of fused-ring (bicyclic) bond motifs is 1. The lowest BCUT2D eigenvalue weighted by Gasteiger charge is -2.07. The minimum absolute atomic E-state index is 0.0918. The highest BCUT2D eigenvalue weighted by atomic mass is 16.3. The average molecular weight is 281 g/mol. The van der Waals surface area contributed by atoms with E-state index in [1.54, 1.807) is 18.4 Å². The fourth-order valence-electron chi connectivity index (χ4n) is 2.21. The van der Waals surface area contributed by atoms with Gasteiger partial charge < -0.3 is 14.3 Å². The summed E-state index contributed by atoms with van der Waals surface area (Å²) < 4.78 is 7.28. The van der Waals surface area contributed by atoms with Crippen LogP contribution in [0.25, 0.3) is 22.6 Å². The molecule has 0 aliphatic rings. The molecular weight excluding hydrogens is 266 g/mol. The van der Waals surface area contributed by atoms with Gasteiger partial charge in [0.05, 0.1) is 17.3 Å². The fourth-order valence-corrected chi connectivity index (χ4v) is 2.21. The Morgan fingerprint density at radius 2 is 2.19 bits per heavy atom. The van der Waals surface area contributed by atoms with Crippen LogP contribution < -0.4 is 5.32 Å². The summed E-state index contributed by atoms with van der Waals surface area (Å²) in [6, 6.07) is 11.3. The van der Waals surface area contributed by atoms with Gasteiger partial charge in [0, 0.05) is 6.54 Å². The molecule has 21 heavy (non-hydrogen) atoms. The minimum Gasteiger partial charge on any atom is -0.461 e. The van der Waals surface area contributed by atoms with Gasteiger partial charge in [0.25, 0.3) is 0 Å². The monoisotopic (exact) mass is 281 g/mol. The molecule has 0 saturated carbocycles. The molecule has 0 unspecified atom stereocenters. The Bertz CT molecular complexity index is 772. The highest BCUT2D eigenvalue weighted by Crippen LogP contribution is 2.24. The number of furan rings is 1. The lowest BCUT2D eigenvalue weighted by Crippen LogP contribution is -2.27. The molecule has 0 aliphatic carbocycles. The van der Waals surface area contributed by atoms with Crippen LogP contribution in [0.15, 0.2) is 59.7 Å². The third kappa shape index (κ3) is 2.58. The molecule has 5 heteroatoms. The molecule has 3 aromatic rings. The Kier molecular flexibility index (Phi) is 3.55. The zero-order valence-electron chi connectivity index (χ0n) is 11.5. The van der Waals surface area contributed by atoms with Crippen LogP contribution >= 0.6 is 0 Å². The number of imidazole rings is 1. The molecule has 1 amide bonds. The SMILES string of the molecule is C=CCNC(=O)Cn1c(-c2ccco2)nc2ccccc21. The first-order chi connectivity index (χ1) is 10.3. The van der Waals surface area contributed by atoms with Crippen LogP contribution in [0.4, 0.5) is 0 Å². The number of aromatic nitrogens is 2. The molecule has 106 valence electrons. The Labute approximate surface area is 121 Å². The van der Waals surface area contributed by atoms with Crippen LogP contribution in [0, 0.1) is 0 Å². The van der Waals surface area contributed by atoms with Gasteiger partial charge in [-0.2, -0.15) is 0 Å². The summed E-state index contributed by atoms with van der Waals surface area (Å²) in [6.07, 6.45) is 3.24. The lowest BCUT2D eigenvalue weighted by atomic mass is 10.3. The van der Waals surface area contributed by atoms with Gasteiger partial charge in [0.1, 0.15) is 6.54 Å². The molecule has 0 radical (unpaired) electrons. The van der Waals surface area contributed by atoms with E-state index in [1.807, 2.05) is 34.9 Å². The number of hydrogen-bond donors (Lipinski definition) is 1. The van der Waals surface area contributed by atoms with Crippen molar-refractivity contribution < 1.29 is 9.21 Å². The molecule has 0 bridgehead atoms.